The molecule has 2 amide bonds. The summed E-state index contributed by atoms with van der Waals surface area (Å²) in [7, 11) is 3.20. The van der Waals surface area contributed by atoms with Crippen LogP contribution < -0.4 is 9.47 Å². The molecule has 2 aliphatic rings. The summed E-state index contributed by atoms with van der Waals surface area (Å²) in [6, 6.07) is 20.2. The summed E-state index contributed by atoms with van der Waals surface area (Å²) in [5.74, 6) is 0.696. The Labute approximate surface area is 257 Å². The van der Waals surface area contributed by atoms with Gasteiger partial charge in [0.05, 0.1) is 49.8 Å². The molecule has 0 spiro atoms. The van der Waals surface area contributed by atoms with E-state index < -0.39 is 0 Å². The number of carbonyl (C=O) groups excluding carboxylic acids is 2. The molecular formula is C33H37ClN4O5. The molecule has 1 saturated heterocycles. The first-order valence-corrected chi connectivity index (χ1v) is 14.8. The minimum Gasteiger partial charge on any atom is -0.497 e. The van der Waals surface area contributed by atoms with Crippen LogP contribution in [-0.2, 0) is 9.53 Å². The van der Waals surface area contributed by atoms with E-state index in [0.29, 0.717) is 54.8 Å². The number of nitrogens with zero attached hydrogens (tertiary/aromatic N) is 4. The van der Waals surface area contributed by atoms with E-state index in [0.717, 1.165) is 35.5 Å². The molecule has 2 aliphatic heterocycles. The average Bonchev–Trinajstić information content (AvgIpc) is 3.49. The van der Waals surface area contributed by atoms with Gasteiger partial charge in [-0.05, 0) is 36.8 Å². The Morgan fingerprint density at radius 2 is 1.77 bits per heavy atom. The highest BCUT2D eigenvalue weighted by Gasteiger charge is 2.35. The molecule has 0 bridgehead atoms. The molecule has 10 heteroatoms. The number of halogens is 1. The van der Waals surface area contributed by atoms with Crippen LogP contribution in [0.3, 0.4) is 0 Å². The van der Waals surface area contributed by atoms with Crippen LogP contribution in [0.25, 0.3) is 0 Å². The van der Waals surface area contributed by atoms with Gasteiger partial charge in [0.1, 0.15) is 18.0 Å². The van der Waals surface area contributed by atoms with Gasteiger partial charge in [0.25, 0.3) is 11.8 Å². The third kappa shape index (κ3) is 7.18. The van der Waals surface area contributed by atoms with Gasteiger partial charge in [-0.25, -0.2) is 5.01 Å². The first-order chi connectivity index (χ1) is 20.9. The van der Waals surface area contributed by atoms with Gasteiger partial charge in [-0.2, -0.15) is 5.10 Å². The minimum atomic E-state index is -0.341. The van der Waals surface area contributed by atoms with Crippen molar-refractivity contribution in [1.82, 2.24) is 14.8 Å². The third-order valence-electron chi connectivity index (χ3n) is 7.86. The van der Waals surface area contributed by atoms with Gasteiger partial charge in [-0.15, -0.1) is 0 Å². The molecule has 0 saturated carbocycles. The van der Waals surface area contributed by atoms with E-state index in [4.69, 9.17) is 30.9 Å². The Morgan fingerprint density at radius 1 is 1.02 bits per heavy atom. The lowest BCUT2D eigenvalue weighted by atomic mass is 9.97. The number of ether oxygens (including phenoxy) is 3. The molecule has 5 rings (SSSR count). The van der Waals surface area contributed by atoms with E-state index >= 15 is 0 Å². The maximum absolute atomic E-state index is 14.1. The highest BCUT2D eigenvalue weighted by molar-refractivity contribution is 6.33. The zero-order chi connectivity index (χ0) is 30.3. The van der Waals surface area contributed by atoms with E-state index in [1.165, 1.54) is 5.01 Å². The molecule has 1 atom stereocenters. The number of methoxy groups -OCH3 is 2. The fourth-order valence-electron chi connectivity index (χ4n) is 5.37. The summed E-state index contributed by atoms with van der Waals surface area (Å²) < 4.78 is 16.5. The summed E-state index contributed by atoms with van der Waals surface area (Å²) in [6.45, 7) is 5.71. The molecule has 43 heavy (non-hydrogen) atoms. The molecule has 2 heterocycles. The molecule has 0 aromatic heterocycles. The van der Waals surface area contributed by atoms with Crippen molar-refractivity contribution < 1.29 is 23.8 Å². The van der Waals surface area contributed by atoms with Gasteiger partial charge in [0, 0.05) is 44.2 Å². The molecule has 9 nitrogen and oxygen atoms in total. The average molecular weight is 605 g/mol. The van der Waals surface area contributed by atoms with Crippen LogP contribution >= 0.6 is 11.6 Å². The Hall–Kier alpha value is -3.92. The van der Waals surface area contributed by atoms with Gasteiger partial charge >= 0.3 is 0 Å². The van der Waals surface area contributed by atoms with Crippen LogP contribution in [0.1, 0.15) is 39.5 Å². The molecular weight excluding hydrogens is 568 g/mol. The van der Waals surface area contributed by atoms with Crippen LogP contribution in [0.2, 0.25) is 5.02 Å². The molecule has 226 valence electrons. The molecule has 0 aliphatic carbocycles. The summed E-state index contributed by atoms with van der Waals surface area (Å²) in [6.07, 6.45) is 0.490. The molecule has 1 unspecified atom stereocenters. The summed E-state index contributed by atoms with van der Waals surface area (Å²) >= 11 is 6.42. The Balaban J connectivity index is 1.45. The Morgan fingerprint density at radius 3 is 2.47 bits per heavy atom. The SMILES string of the molecule is COc1ccc(C2=NN(C(=O)CN(CCN3CCOCC3)C(=O)c3ccccc3Cl)C(c3ccc(C)cc3)C2)c(OC)c1. The number of hydrogen-bond donors (Lipinski definition) is 0. The smallest absolute Gasteiger partial charge is 0.262 e. The number of hydrazone groups is 1. The quantitative estimate of drug-likeness (QED) is 0.330. The number of benzene rings is 3. The van der Waals surface area contributed by atoms with Gasteiger partial charge in [-0.3, -0.25) is 14.5 Å². The largest absolute Gasteiger partial charge is 0.497 e. The second kappa shape index (κ2) is 14.0. The fraction of sp³-hybridized carbons (Fsp3) is 0.364. The first kappa shape index (κ1) is 30.5. The van der Waals surface area contributed by atoms with E-state index in [1.807, 2.05) is 43.3 Å². The predicted octanol–water partition coefficient (Wildman–Crippen LogP) is 4.82. The fourth-order valence-corrected chi connectivity index (χ4v) is 5.58. The van der Waals surface area contributed by atoms with Crippen LogP contribution in [0.15, 0.2) is 71.8 Å². The van der Waals surface area contributed by atoms with Crippen LogP contribution in [0, 0.1) is 6.92 Å². The molecule has 0 N–H and O–H groups in total. The molecule has 0 radical (unpaired) electrons. The van der Waals surface area contributed by atoms with Crippen molar-refractivity contribution in [2.24, 2.45) is 5.10 Å². The number of aryl methyl sites for hydroxylation is 1. The highest BCUT2D eigenvalue weighted by atomic mass is 35.5. The third-order valence-corrected chi connectivity index (χ3v) is 8.18. The van der Waals surface area contributed by atoms with Crippen LogP contribution in [0.4, 0.5) is 0 Å². The summed E-state index contributed by atoms with van der Waals surface area (Å²) in [5.41, 5.74) is 3.95. The number of amides is 2. The highest BCUT2D eigenvalue weighted by Crippen LogP contribution is 2.36. The number of carbonyl (C=O) groups is 2. The lowest BCUT2D eigenvalue weighted by molar-refractivity contribution is -0.133. The van der Waals surface area contributed by atoms with Crippen LogP contribution in [0.5, 0.6) is 11.5 Å². The van der Waals surface area contributed by atoms with Crippen LogP contribution in [-0.4, -0.2) is 92.5 Å². The van der Waals surface area contributed by atoms with Gasteiger partial charge in [0.2, 0.25) is 0 Å². The molecule has 3 aromatic rings. The number of morpholine rings is 1. The predicted molar refractivity (Wildman–Crippen MR) is 166 cm³/mol. The van der Waals surface area contributed by atoms with Crippen molar-refractivity contribution in [1.29, 1.82) is 0 Å². The van der Waals surface area contributed by atoms with Crippen molar-refractivity contribution in [3.63, 3.8) is 0 Å². The van der Waals surface area contributed by atoms with Gasteiger partial charge < -0.3 is 19.1 Å². The zero-order valence-corrected chi connectivity index (χ0v) is 25.5. The molecule has 3 aromatic carbocycles. The first-order valence-electron chi connectivity index (χ1n) is 14.4. The second-order valence-electron chi connectivity index (χ2n) is 10.6. The van der Waals surface area contributed by atoms with Crippen molar-refractivity contribution in [2.75, 3.05) is 60.2 Å². The van der Waals surface area contributed by atoms with Crippen molar-refractivity contribution >= 4 is 29.1 Å². The topological polar surface area (TPSA) is 83.9 Å². The zero-order valence-electron chi connectivity index (χ0n) is 24.8. The summed E-state index contributed by atoms with van der Waals surface area (Å²) in [4.78, 5) is 31.7. The number of hydrogen-bond acceptors (Lipinski definition) is 7. The van der Waals surface area contributed by atoms with E-state index in [9.17, 15) is 9.59 Å². The Bertz CT molecular complexity index is 1470. The number of rotatable bonds is 10. The van der Waals surface area contributed by atoms with E-state index in [2.05, 4.69) is 4.90 Å². The lowest BCUT2D eigenvalue weighted by Gasteiger charge is -2.31. The lowest BCUT2D eigenvalue weighted by Crippen LogP contribution is -2.46. The van der Waals surface area contributed by atoms with Crippen molar-refractivity contribution in [2.45, 2.75) is 19.4 Å². The normalized spacial score (nSPS) is 17.0. The van der Waals surface area contributed by atoms with Gasteiger partial charge in [-0.1, -0.05) is 53.6 Å². The maximum Gasteiger partial charge on any atom is 0.262 e. The Kier molecular flexibility index (Phi) is 9.97. The minimum absolute atomic E-state index is 0.146. The molecule has 1 fully saturated rings. The van der Waals surface area contributed by atoms with E-state index in [1.54, 1.807) is 49.5 Å². The van der Waals surface area contributed by atoms with Gasteiger partial charge in [0.15, 0.2) is 0 Å². The maximum atomic E-state index is 14.1. The second-order valence-corrected chi connectivity index (χ2v) is 11.0. The van der Waals surface area contributed by atoms with Crippen molar-refractivity contribution in [3.05, 3.63) is 94.0 Å². The monoisotopic (exact) mass is 604 g/mol. The standard InChI is InChI=1S/C33H37ClN4O5/c1-23-8-10-24(11-9-23)30-21-29(27-13-12-25(41-2)20-31(27)42-3)35-38(30)32(39)22-37(15-14-36-16-18-43-19-17-36)33(40)26-6-4-5-7-28(26)34/h4-13,20,30H,14-19,21-22H2,1-3H3. The van der Waals surface area contributed by atoms with Crippen molar-refractivity contribution in [3.8, 4) is 11.5 Å². The summed E-state index contributed by atoms with van der Waals surface area (Å²) in [5, 5.41) is 6.71. The van der Waals surface area contributed by atoms with E-state index in [-0.39, 0.29) is 24.4 Å².